The Morgan fingerprint density at radius 1 is 1.07 bits per heavy atom. The van der Waals surface area contributed by atoms with E-state index in [1.54, 1.807) is 24.3 Å². The first-order valence-electron chi connectivity index (χ1n) is 8.00. The molecule has 0 bridgehead atoms. The molecule has 27 heavy (non-hydrogen) atoms. The van der Waals surface area contributed by atoms with Gasteiger partial charge in [-0.25, -0.2) is 9.69 Å². The average Bonchev–Trinajstić information content (AvgIpc) is 2.63. The van der Waals surface area contributed by atoms with Crippen LogP contribution in [0.25, 0.3) is 6.08 Å². The van der Waals surface area contributed by atoms with Crippen molar-refractivity contribution in [3.8, 4) is 5.75 Å². The number of anilines is 1. The van der Waals surface area contributed by atoms with Gasteiger partial charge in [-0.15, -0.1) is 0 Å². The van der Waals surface area contributed by atoms with E-state index in [9.17, 15) is 19.5 Å². The molecule has 138 valence electrons. The number of halogens is 2. The van der Waals surface area contributed by atoms with Gasteiger partial charge in [-0.2, -0.15) is 0 Å². The Morgan fingerprint density at radius 3 is 2.22 bits per heavy atom. The largest absolute Gasteiger partial charge is 0.505 e. The summed E-state index contributed by atoms with van der Waals surface area (Å²) in [6.45, 7) is 1.99. The molecule has 8 heteroatoms. The number of carbonyl (C=O) groups excluding carboxylic acids is 3. The van der Waals surface area contributed by atoms with Crippen molar-refractivity contribution in [1.82, 2.24) is 5.32 Å². The predicted octanol–water partition coefficient (Wildman–Crippen LogP) is 3.93. The molecule has 0 aliphatic carbocycles. The number of amides is 4. The van der Waals surface area contributed by atoms with Crippen molar-refractivity contribution >= 4 is 52.8 Å². The highest BCUT2D eigenvalue weighted by atomic mass is 35.5. The summed E-state index contributed by atoms with van der Waals surface area (Å²) in [5.74, 6) is -1.90. The van der Waals surface area contributed by atoms with Crippen molar-refractivity contribution in [3.05, 3.63) is 63.1 Å². The van der Waals surface area contributed by atoms with E-state index in [1.165, 1.54) is 18.2 Å². The Bertz CT molecular complexity index is 961. The monoisotopic (exact) mass is 404 g/mol. The number of hydrogen-bond donors (Lipinski definition) is 2. The standard InChI is InChI=1S/C19H14Cl2N2O4/c1-2-10-3-5-12(6-4-10)23-18(26)13(17(25)22-19(23)27)7-11-8-14(20)16(24)15(21)9-11/h3-9,24H,2H2,1H3,(H,22,25,27)/b13-7-. The molecule has 0 radical (unpaired) electrons. The number of urea groups is 1. The van der Waals surface area contributed by atoms with Crippen molar-refractivity contribution in [3.63, 3.8) is 0 Å². The summed E-state index contributed by atoms with van der Waals surface area (Å²) in [4.78, 5) is 38.1. The Labute approximate surface area is 165 Å². The van der Waals surface area contributed by atoms with Crippen molar-refractivity contribution in [2.24, 2.45) is 0 Å². The van der Waals surface area contributed by atoms with Gasteiger partial charge in [0.25, 0.3) is 11.8 Å². The van der Waals surface area contributed by atoms with E-state index >= 15 is 0 Å². The Kier molecular flexibility index (Phi) is 5.21. The van der Waals surface area contributed by atoms with Gasteiger partial charge in [0.1, 0.15) is 5.57 Å². The molecule has 2 aromatic carbocycles. The van der Waals surface area contributed by atoms with E-state index in [0.717, 1.165) is 16.9 Å². The molecule has 0 unspecified atom stereocenters. The maximum absolute atomic E-state index is 12.8. The van der Waals surface area contributed by atoms with E-state index in [-0.39, 0.29) is 21.4 Å². The maximum atomic E-state index is 12.8. The Balaban J connectivity index is 2.01. The lowest BCUT2D eigenvalue weighted by Crippen LogP contribution is -2.54. The Hall–Kier alpha value is -2.83. The minimum absolute atomic E-state index is 0.0268. The van der Waals surface area contributed by atoms with Crippen LogP contribution in [0.2, 0.25) is 10.0 Å². The molecule has 0 aromatic heterocycles. The van der Waals surface area contributed by atoms with Crippen LogP contribution < -0.4 is 10.2 Å². The lowest BCUT2D eigenvalue weighted by atomic mass is 10.1. The number of barbiturate groups is 1. The van der Waals surface area contributed by atoms with Gasteiger partial charge >= 0.3 is 6.03 Å². The molecule has 1 aliphatic heterocycles. The summed E-state index contributed by atoms with van der Waals surface area (Å²) in [5, 5.41) is 11.7. The molecule has 2 N–H and O–H groups in total. The quantitative estimate of drug-likeness (QED) is 0.599. The number of carbonyl (C=O) groups is 3. The van der Waals surface area contributed by atoms with Gasteiger partial charge < -0.3 is 5.11 Å². The second-order valence-corrected chi connectivity index (χ2v) is 6.63. The first kappa shape index (κ1) is 18.9. The lowest BCUT2D eigenvalue weighted by molar-refractivity contribution is -0.122. The van der Waals surface area contributed by atoms with Crippen LogP contribution in [0.4, 0.5) is 10.5 Å². The summed E-state index contributed by atoms with van der Waals surface area (Å²) in [6.07, 6.45) is 2.07. The summed E-state index contributed by atoms with van der Waals surface area (Å²) in [7, 11) is 0. The van der Waals surface area contributed by atoms with Gasteiger partial charge in [0.15, 0.2) is 5.75 Å². The number of imide groups is 2. The summed E-state index contributed by atoms with van der Waals surface area (Å²) in [5.41, 5.74) is 1.46. The van der Waals surface area contributed by atoms with Crippen LogP contribution in [0.5, 0.6) is 5.75 Å². The highest BCUT2D eigenvalue weighted by molar-refractivity contribution is 6.40. The molecule has 6 nitrogen and oxygen atoms in total. The number of nitrogens with one attached hydrogen (secondary N) is 1. The molecule has 1 saturated heterocycles. The first-order chi connectivity index (χ1) is 12.8. The zero-order chi connectivity index (χ0) is 19.7. The van der Waals surface area contributed by atoms with Gasteiger partial charge in [0.05, 0.1) is 15.7 Å². The molecular weight excluding hydrogens is 391 g/mol. The topological polar surface area (TPSA) is 86.7 Å². The van der Waals surface area contributed by atoms with Gasteiger partial charge in [-0.1, -0.05) is 42.3 Å². The number of benzene rings is 2. The molecule has 3 rings (SSSR count). The zero-order valence-corrected chi connectivity index (χ0v) is 15.6. The van der Waals surface area contributed by atoms with E-state index < -0.39 is 17.8 Å². The number of aryl methyl sites for hydroxylation is 1. The van der Waals surface area contributed by atoms with Crippen LogP contribution in [-0.4, -0.2) is 23.0 Å². The lowest BCUT2D eigenvalue weighted by Gasteiger charge is -2.26. The second-order valence-electron chi connectivity index (χ2n) is 5.81. The minimum atomic E-state index is -0.827. The normalized spacial score (nSPS) is 16.0. The summed E-state index contributed by atoms with van der Waals surface area (Å²) < 4.78 is 0. The van der Waals surface area contributed by atoms with Crippen molar-refractivity contribution in [1.29, 1.82) is 0 Å². The van der Waals surface area contributed by atoms with Crippen LogP contribution in [0, 0.1) is 0 Å². The van der Waals surface area contributed by atoms with E-state index in [0.29, 0.717) is 11.3 Å². The van der Waals surface area contributed by atoms with Crippen LogP contribution >= 0.6 is 23.2 Å². The SMILES string of the molecule is CCc1ccc(N2C(=O)NC(=O)/C(=C/c3cc(Cl)c(O)c(Cl)c3)C2=O)cc1. The summed E-state index contributed by atoms with van der Waals surface area (Å²) >= 11 is 11.7. The molecule has 4 amide bonds. The zero-order valence-electron chi connectivity index (χ0n) is 14.1. The molecule has 2 aromatic rings. The van der Waals surface area contributed by atoms with Crippen molar-refractivity contribution in [2.75, 3.05) is 4.90 Å². The van der Waals surface area contributed by atoms with Crippen LogP contribution in [-0.2, 0) is 16.0 Å². The van der Waals surface area contributed by atoms with E-state index in [4.69, 9.17) is 23.2 Å². The molecule has 0 atom stereocenters. The molecule has 1 heterocycles. The summed E-state index contributed by atoms with van der Waals surface area (Å²) in [6, 6.07) is 8.76. The number of nitrogens with zero attached hydrogens (tertiary/aromatic N) is 1. The van der Waals surface area contributed by atoms with Gasteiger partial charge in [0.2, 0.25) is 0 Å². The Morgan fingerprint density at radius 2 is 1.67 bits per heavy atom. The molecule has 0 saturated carbocycles. The maximum Gasteiger partial charge on any atom is 0.335 e. The second kappa shape index (κ2) is 7.42. The minimum Gasteiger partial charge on any atom is -0.505 e. The van der Waals surface area contributed by atoms with Crippen LogP contribution in [0.3, 0.4) is 0 Å². The van der Waals surface area contributed by atoms with Crippen molar-refractivity contribution < 1.29 is 19.5 Å². The van der Waals surface area contributed by atoms with Gasteiger partial charge in [0, 0.05) is 0 Å². The molecule has 1 aliphatic rings. The number of phenolic OH excluding ortho intramolecular Hbond substituents is 1. The molecule has 1 fully saturated rings. The fourth-order valence-electron chi connectivity index (χ4n) is 2.61. The average molecular weight is 405 g/mol. The molecule has 0 spiro atoms. The third-order valence-electron chi connectivity index (χ3n) is 4.05. The first-order valence-corrected chi connectivity index (χ1v) is 8.75. The highest BCUT2D eigenvalue weighted by Crippen LogP contribution is 2.33. The van der Waals surface area contributed by atoms with E-state index in [2.05, 4.69) is 5.32 Å². The number of hydrogen-bond acceptors (Lipinski definition) is 4. The predicted molar refractivity (Wildman–Crippen MR) is 103 cm³/mol. The fraction of sp³-hybridized carbons (Fsp3) is 0.105. The van der Waals surface area contributed by atoms with Crippen LogP contribution in [0.15, 0.2) is 42.0 Å². The number of aromatic hydroxyl groups is 1. The van der Waals surface area contributed by atoms with E-state index in [1.807, 2.05) is 6.92 Å². The fourth-order valence-corrected chi connectivity index (χ4v) is 3.11. The van der Waals surface area contributed by atoms with Crippen LogP contribution in [0.1, 0.15) is 18.1 Å². The van der Waals surface area contributed by atoms with Crippen molar-refractivity contribution in [2.45, 2.75) is 13.3 Å². The number of phenols is 1. The van der Waals surface area contributed by atoms with Gasteiger partial charge in [-0.05, 0) is 47.9 Å². The third-order valence-corrected chi connectivity index (χ3v) is 4.63. The highest BCUT2D eigenvalue weighted by Gasteiger charge is 2.36. The smallest absolute Gasteiger partial charge is 0.335 e. The van der Waals surface area contributed by atoms with Gasteiger partial charge in [-0.3, -0.25) is 14.9 Å². The third kappa shape index (κ3) is 3.67. The number of rotatable bonds is 3. The molecular formula is C19H14Cl2N2O4.